The quantitative estimate of drug-likeness (QED) is 0.650. The van der Waals surface area contributed by atoms with E-state index in [0.717, 1.165) is 24.9 Å². The molecule has 2 aromatic carbocycles. The Bertz CT molecular complexity index is 887. The number of nitrogens with one attached hydrogen (secondary N) is 1. The van der Waals surface area contributed by atoms with Gasteiger partial charge < -0.3 is 19.5 Å². The van der Waals surface area contributed by atoms with E-state index in [4.69, 9.17) is 9.47 Å². The average Bonchev–Trinajstić information content (AvgIpc) is 3.12. The third kappa shape index (κ3) is 4.99. The second-order valence-corrected chi connectivity index (χ2v) is 8.59. The smallest absolute Gasteiger partial charge is 0.491 e. The molecule has 7 heteroatoms. The fourth-order valence-corrected chi connectivity index (χ4v) is 4.81. The lowest BCUT2D eigenvalue weighted by Crippen LogP contribution is -2.48. The number of ether oxygens (including phenoxy) is 3. The molecule has 1 N–H and O–H groups in total. The summed E-state index contributed by atoms with van der Waals surface area (Å²) in [6.07, 6.45) is -2.25. The van der Waals surface area contributed by atoms with E-state index in [9.17, 15) is 13.2 Å². The predicted octanol–water partition coefficient (Wildman–Crippen LogP) is 5.74. The van der Waals surface area contributed by atoms with Gasteiger partial charge in [0, 0.05) is 11.5 Å². The highest BCUT2D eigenvalue weighted by Gasteiger charge is 2.49. The van der Waals surface area contributed by atoms with Crippen molar-refractivity contribution in [1.29, 1.82) is 0 Å². The van der Waals surface area contributed by atoms with Crippen LogP contribution in [-0.4, -0.2) is 31.2 Å². The molecule has 2 aliphatic rings. The van der Waals surface area contributed by atoms with Crippen molar-refractivity contribution in [3.05, 3.63) is 59.7 Å². The fourth-order valence-electron chi connectivity index (χ4n) is 4.81. The molecule has 0 bridgehead atoms. The summed E-state index contributed by atoms with van der Waals surface area (Å²) < 4.78 is 54.9. The fraction of sp³-hybridized carbons (Fsp3) is 0.500. The first-order chi connectivity index (χ1) is 14.8. The normalized spacial score (nSPS) is 26.4. The highest BCUT2D eigenvalue weighted by Crippen LogP contribution is 2.50. The Morgan fingerprint density at radius 3 is 2.61 bits per heavy atom. The molecule has 0 aliphatic carbocycles. The molecule has 0 radical (unpaired) electrons. The minimum atomic E-state index is -4.74. The van der Waals surface area contributed by atoms with E-state index in [-0.39, 0.29) is 23.8 Å². The second kappa shape index (κ2) is 8.71. The first-order valence-electron chi connectivity index (χ1n) is 10.7. The summed E-state index contributed by atoms with van der Waals surface area (Å²) in [5, 5.41) is 3.60. The summed E-state index contributed by atoms with van der Waals surface area (Å²) in [6.45, 7) is 5.13. The molecule has 2 fully saturated rings. The zero-order chi connectivity index (χ0) is 22.1. The average molecular weight is 435 g/mol. The molecule has 0 aromatic heterocycles. The third-order valence-electron chi connectivity index (χ3n) is 5.97. The number of hydrogen-bond acceptors (Lipinski definition) is 4. The lowest BCUT2D eigenvalue weighted by atomic mass is 9.77. The van der Waals surface area contributed by atoms with E-state index in [1.807, 2.05) is 32.0 Å². The van der Waals surface area contributed by atoms with E-state index < -0.39 is 12.0 Å². The van der Waals surface area contributed by atoms with Gasteiger partial charge >= 0.3 is 6.36 Å². The number of benzene rings is 2. The Morgan fingerprint density at radius 1 is 1.13 bits per heavy atom. The molecule has 0 amide bonds. The van der Waals surface area contributed by atoms with Gasteiger partial charge in [-0.25, -0.2) is 0 Å². The summed E-state index contributed by atoms with van der Waals surface area (Å²) in [4.78, 5) is 0. The van der Waals surface area contributed by atoms with Crippen molar-refractivity contribution in [3.8, 4) is 11.5 Å². The summed E-state index contributed by atoms with van der Waals surface area (Å²) in [6, 6.07) is 14.5. The van der Waals surface area contributed by atoms with Crippen molar-refractivity contribution >= 4 is 0 Å². The van der Waals surface area contributed by atoms with Crippen molar-refractivity contribution in [2.24, 2.45) is 0 Å². The maximum Gasteiger partial charge on any atom is 0.573 e. The minimum Gasteiger partial charge on any atom is -0.491 e. The second-order valence-electron chi connectivity index (χ2n) is 8.59. The minimum absolute atomic E-state index is 0.0384. The van der Waals surface area contributed by atoms with Gasteiger partial charge in [0.2, 0.25) is 0 Å². The summed E-state index contributed by atoms with van der Waals surface area (Å²) >= 11 is 0. The molecule has 2 heterocycles. The standard InChI is InChI=1S/C24H28F3NO3/c1-16(2)30-21-10-9-19(31-24(25,26)27)13-20(21)18-14-23(29-15-18)11-6-12-28-22(23)17-7-4-3-5-8-17/h3-5,7-10,13,16,18,22,28H,6,11-12,14-15H2,1-2H3/t18-,22-,23+/m0/s1. The third-order valence-corrected chi connectivity index (χ3v) is 5.97. The first kappa shape index (κ1) is 22.0. The van der Waals surface area contributed by atoms with Gasteiger partial charge in [-0.05, 0) is 63.4 Å². The maximum absolute atomic E-state index is 12.8. The molecule has 2 aliphatic heterocycles. The van der Waals surface area contributed by atoms with Crippen molar-refractivity contribution in [1.82, 2.24) is 5.32 Å². The van der Waals surface area contributed by atoms with Crippen molar-refractivity contribution in [3.63, 3.8) is 0 Å². The van der Waals surface area contributed by atoms with Crippen LogP contribution < -0.4 is 14.8 Å². The van der Waals surface area contributed by atoms with Crippen LogP contribution in [0.25, 0.3) is 0 Å². The van der Waals surface area contributed by atoms with Gasteiger partial charge in [0.05, 0.1) is 24.4 Å². The van der Waals surface area contributed by atoms with Crippen LogP contribution in [0.5, 0.6) is 11.5 Å². The molecule has 2 saturated heterocycles. The molecule has 3 atom stereocenters. The number of rotatable bonds is 5. The highest BCUT2D eigenvalue weighted by atomic mass is 19.4. The Labute approximate surface area is 180 Å². The number of piperidine rings is 1. The molecular formula is C24H28F3NO3. The monoisotopic (exact) mass is 435 g/mol. The van der Waals surface area contributed by atoms with Crippen LogP contribution in [0.15, 0.2) is 48.5 Å². The molecule has 168 valence electrons. The van der Waals surface area contributed by atoms with Gasteiger partial charge in [0.25, 0.3) is 0 Å². The number of hydrogen-bond donors (Lipinski definition) is 1. The Balaban J connectivity index is 1.64. The van der Waals surface area contributed by atoms with Crippen LogP contribution in [0.3, 0.4) is 0 Å². The van der Waals surface area contributed by atoms with E-state index in [1.54, 1.807) is 6.07 Å². The van der Waals surface area contributed by atoms with Crippen LogP contribution in [0.4, 0.5) is 13.2 Å². The van der Waals surface area contributed by atoms with Gasteiger partial charge in [-0.2, -0.15) is 0 Å². The molecule has 0 unspecified atom stereocenters. The lowest BCUT2D eigenvalue weighted by Gasteiger charge is -2.41. The van der Waals surface area contributed by atoms with Gasteiger partial charge in [-0.1, -0.05) is 30.3 Å². The van der Waals surface area contributed by atoms with Gasteiger partial charge in [-0.15, -0.1) is 13.2 Å². The van der Waals surface area contributed by atoms with Crippen LogP contribution >= 0.6 is 0 Å². The topological polar surface area (TPSA) is 39.7 Å². The summed E-state index contributed by atoms with van der Waals surface area (Å²) in [7, 11) is 0. The lowest BCUT2D eigenvalue weighted by molar-refractivity contribution is -0.274. The molecule has 4 nitrogen and oxygen atoms in total. The Morgan fingerprint density at radius 2 is 1.90 bits per heavy atom. The van der Waals surface area contributed by atoms with Crippen LogP contribution in [-0.2, 0) is 4.74 Å². The van der Waals surface area contributed by atoms with Crippen molar-refractivity contribution in [2.45, 2.75) is 63.1 Å². The molecule has 2 aromatic rings. The zero-order valence-electron chi connectivity index (χ0n) is 17.7. The van der Waals surface area contributed by atoms with Gasteiger partial charge in [0.15, 0.2) is 0 Å². The van der Waals surface area contributed by atoms with Crippen molar-refractivity contribution < 1.29 is 27.4 Å². The Hall–Kier alpha value is -2.25. The zero-order valence-corrected chi connectivity index (χ0v) is 17.7. The van der Waals surface area contributed by atoms with Crippen LogP contribution in [0, 0.1) is 0 Å². The molecule has 1 spiro atoms. The maximum atomic E-state index is 12.8. The summed E-state index contributed by atoms with van der Waals surface area (Å²) in [5.74, 6) is 0.257. The van der Waals surface area contributed by atoms with Crippen LogP contribution in [0.2, 0.25) is 0 Å². The van der Waals surface area contributed by atoms with Crippen molar-refractivity contribution in [2.75, 3.05) is 13.2 Å². The SMILES string of the molecule is CC(C)Oc1ccc(OC(F)(F)F)cc1[C@@H]1CO[C@]2(CCCN[C@H]2c2ccccc2)C1. The largest absolute Gasteiger partial charge is 0.573 e. The van der Waals surface area contributed by atoms with E-state index >= 15 is 0 Å². The number of halogens is 3. The molecule has 0 saturated carbocycles. The summed E-state index contributed by atoms with van der Waals surface area (Å²) in [5.41, 5.74) is 1.46. The number of alkyl halides is 3. The molecular weight excluding hydrogens is 407 g/mol. The predicted molar refractivity (Wildman–Crippen MR) is 111 cm³/mol. The van der Waals surface area contributed by atoms with Gasteiger partial charge in [0.1, 0.15) is 11.5 Å². The Kier molecular flexibility index (Phi) is 6.17. The highest BCUT2D eigenvalue weighted by molar-refractivity contribution is 5.44. The molecule has 31 heavy (non-hydrogen) atoms. The van der Waals surface area contributed by atoms with E-state index in [2.05, 4.69) is 22.2 Å². The first-order valence-corrected chi connectivity index (χ1v) is 10.7. The van der Waals surface area contributed by atoms with Gasteiger partial charge in [-0.3, -0.25) is 0 Å². The van der Waals surface area contributed by atoms with E-state index in [0.29, 0.717) is 24.3 Å². The van der Waals surface area contributed by atoms with E-state index in [1.165, 1.54) is 12.1 Å². The van der Waals surface area contributed by atoms with Crippen LogP contribution in [0.1, 0.15) is 56.2 Å². The molecule has 4 rings (SSSR count).